The van der Waals surface area contributed by atoms with E-state index in [4.69, 9.17) is 4.84 Å². The topological polar surface area (TPSA) is 88.6 Å². The fourth-order valence-corrected chi connectivity index (χ4v) is 4.26. The molecule has 0 saturated carbocycles. The fraction of sp³-hybridized carbons (Fsp3) is 0.462. The Hall–Kier alpha value is -2.55. The van der Waals surface area contributed by atoms with Crippen molar-refractivity contribution in [3.63, 3.8) is 0 Å². The second-order valence-corrected chi connectivity index (χ2v) is 10.8. The minimum Gasteiger partial charge on any atom is -0.353 e. The minimum atomic E-state index is -3.48. The third-order valence-corrected chi connectivity index (χ3v) is 7.32. The molecule has 8 heteroatoms. The van der Waals surface area contributed by atoms with Gasteiger partial charge in [-0.1, -0.05) is 66.6 Å². The second-order valence-electron chi connectivity index (χ2n) is 8.41. The number of nitrogens with one attached hydrogen (secondary N) is 1. The predicted octanol–water partition coefficient (Wildman–Crippen LogP) is 4.72. The number of hydrogen-bond donors (Lipinski definition) is 1. The van der Waals surface area contributed by atoms with Crippen molar-refractivity contribution < 1.29 is 18.0 Å². The molecular weight excluding hydrogens is 450 g/mol. The molecule has 0 aliphatic carbocycles. The molecule has 0 unspecified atom stereocenters. The molecule has 1 aromatic carbocycles. The first-order chi connectivity index (χ1) is 16.4. The molecular formula is C26H37N3O4S. The molecule has 0 aliphatic rings. The number of sulfonamides is 1. The van der Waals surface area contributed by atoms with Crippen LogP contribution < -0.4 is 5.32 Å². The maximum atomic E-state index is 12.6. The van der Waals surface area contributed by atoms with Gasteiger partial charge in [0.25, 0.3) is 0 Å². The van der Waals surface area contributed by atoms with Crippen molar-refractivity contribution in [2.45, 2.75) is 64.2 Å². The summed E-state index contributed by atoms with van der Waals surface area (Å²) in [5, 5.41) is 2.36. The zero-order valence-electron chi connectivity index (χ0n) is 20.2. The van der Waals surface area contributed by atoms with Crippen molar-refractivity contribution in [1.82, 2.24) is 14.8 Å². The molecule has 2 aromatic rings. The van der Waals surface area contributed by atoms with Crippen LogP contribution in [0.25, 0.3) is 6.08 Å². The van der Waals surface area contributed by atoms with Gasteiger partial charge in [0, 0.05) is 31.6 Å². The van der Waals surface area contributed by atoms with Crippen molar-refractivity contribution >= 4 is 22.0 Å². The van der Waals surface area contributed by atoms with Crippen molar-refractivity contribution in [3.8, 4) is 0 Å². The van der Waals surface area contributed by atoms with Crippen LogP contribution in [0.3, 0.4) is 0 Å². The maximum absolute atomic E-state index is 12.6. The van der Waals surface area contributed by atoms with Crippen molar-refractivity contribution in [2.75, 3.05) is 13.1 Å². The largest absolute Gasteiger partial charge is 0.353 e. The van der Waals surface area contributed by atoms with Crippen LogP contribution in [0.4, 0.5) is 0 Å². The molecule has 1 heterocycles. The Morgan fingerprint density at radius 1 is 1.03 bits per heavy atom. The lowest BCUT2D eigenvalue weighted by molar-refractivity contribution is -0.116. The highest BCUT2D eigenvalue weighted by Gasteiger charge is 2.26. The van der Waals surface area contributed by atoms with Gasteiger partial charge in [-0.05, 0) is 50.0 Å². The van der Waals surface area contributed by atoms with Gasteiger partial charge in [0.15, 0.2) is 0 Å². The first-order valence-corrected chi connectivity index (χ1v) is 13.4. The van der Waals surface area contributed by atoms with E-state index in [1.165, 1.54) is 10.5 Å². The molecule has 0 radical (unpaired) electrons. The lowest BCUT2D eigenvalue weighted by Crippen LogP contribution is -2.37. The Bertz CT molecular complexity index is 964. The normalized spacial score (nSPS) is 12.0. The van der Waals surface area contributed by atoms with E-state index in [-0.39, 0.29) is 12.5 Å². The summed E-state index contributed by atoms with van der Waals surface area (Å²) < 4.78 is 26.4. The monoisotopic (exact) mass is 487 g/mol. The Balaban J connectivity index is 1.59. The Morgan fingerprint density at radius 3 is 2.41 bits per heavy atom. The smallest absolute Gasteiger partial charge is 0.243 e. The van der Waals surface area contributed by atoms with E-state index < -0.39 is 15.3 Å². The van der Waals surface area contributed by atoms with Crippen molar-refractivity contribution in [3.05, 3.63) is 72.1 Å². The van der Waals surface area contributed by atoms with E-state index in [1.807, 2.05) is 42.5 Å². The summed E-state index contributed by atoms with van der Waals surface area (Å²) in [5.74, 6) is -0.106. The van der Waals surface area contributed by atoms with Crippen molar-refractivity contribution in [2.24, 2.45) is 0 Å². The van der Waals surface area contributed by atoms with Gasteiger partial charge in [-0.15, -0.1) is 0 Å². The quantitative estimate of drug-likeness (QED) is 0.210. The molecule has 34 heavy (non-hydrogen) atoms. The molecule has 0 aliphatic heterocycles. The van der Waals surface area contributed by atoms with E-state index >= 15 is 0 Å². The van der Waals surface area contributed by atoms with Crippen LogP contribution in [0.2, 0.25) is 0 Å². The number of hydrogen-bond acceptors (Lipinski definition) is 5. The van der Waals surface area contributed by atoms with Crippen LogP contribution >= 0.6 is 0 Å². The van der Waals surface area contributed by atoms with E-state index in [0.717, 1.165) is 49.7 Å². The number of rotatable bonds is 16. The summed E-state index contributed by atoms with van der Waals surface area (Å²) in [5.41, 5.74) is 1.83. The zero-order valence-corrected chi connectivity index (χ0v) is 21.0. The summed E-state index contributed by atoms with van der Waals surface area (Å²) in [7, 11) is -3.48. The molecule has 0 spiro atoms. The van der Waals surface area contributed by atoms with Crippen LogP contribution in [0.15, 0.2) is 60.9 Å². The minimum absolute atomic E-state index is 0.106. The number of carbonyl (C=O) groups is 1. The average Bonchev–Trinajstić information content (AvgIpc) is 2.84. The van der Waals surface area contributed by atoms with Gasteiger partial charge >= 0.3 is 0 Å². The lowest BCUT2D eigenvalue weighted by Gasteiger charge is -2.23. The summed E-state index contributed by atoms with van der Waals surface area (Å²) in [6.07, 6.45) is 12.3. The van der Waals surface area contributed by atoms with Gasteiger partial charge in [0.05, 0.1) is 11.9 Å². The number of pyridine rings is 1. The second kappa shape index (κ2) is 15.4. The molecule has 0 saturated heterocycles. The molecule has 1 aromatic heterocycles. The first kappa shape index (κ1) is 27.7. The van der Waals surface area contributed by atoms with Gasteiger partial charge in [-0.25, -0.2) is 8.42 Å². The number of amides is 1. The van der Waals surface area contributed by atoms with Crippen LogP contribution in [-0.4, -0.2) is 42.1 Å². The molecule has 7 nitrogen and oxygen atoms in total. The van der Waals surface area contributed by atoms with Gasteiger partial charge < -0.3 is 5.32 Å². The number of benzene rings is 1. The van der Waals surface area contributed by atoms with Gasteiger partial charge in [0.2, 0.25) is 15.9 Å². The SMILES string of the molecule is CC(C)S(=O)(=O)N(CCCCCCCCNC(=O)C=Cc1cccnc1)OCc1ccccc1. The predicted molar refractivity (Wildman–Crippen MR) is 136 cm³/mol. The standard InChI is InChI=1S/C26H37N3O4S/c1-23(2)34(31,32)29(33-22-25-13-8-7-9-14-25)20-11-6-4-3-5-10-19-28-26(30)17-16-24-15-12-18-27-21-24/h7-9,12-18,21,23H,3-6,10-11,19-20,22H2,1-2H3,(H,28,30). The van der Waals surface area contributed by atoms with E-state index in [0.29, 0.717) is 13.1 Å². The van der Waals surface area contributed by atoms with Crippen LogP contribution in [-0.2, 0) is 26.3 Å². The lowest BCUT2D eigenvalue weighted by atomic mass is 10.1. The van der Waals surface area contributed by atoms with Crippen LogP contribution in [0, 0.1) is 0 Å². The fourth-order valence-electron chi connectivity index (χ4n) is 3.21. The molecule has 0 bridgehead atoms. The highest BCUT2D eigenvalue weighted by molar-refractivity contribution is 7.89. The molecule has 0 fully saturated rings. The Kier molecular flexibility index (Phi) is 12.5. The van der Waals surface area contributed by atoms with Crippen LogP contribution in [0.1, 0.15) is 63.5 Å². The number of carbonyl (C=O) groups excluding carboxylic acids is 1. The summed E-state index contributed by atoms with van der Waals surface area (Å²) in [4.78, 5) is 21.5. The molecule has 186 valence electrons. The third-order valence-electron chi connectivity index (χ3n) is 5.28. The van der Waals surface area contributed by atoms with Gasteiger partial charge in [0.1, 0.15) is 0 Å². The highest BCUT2D eigenvalue weighted by Crippen LogP contribution is 2.15. The first-order valence-electron chi connectivity index (χ1n) is 11.9. The van der Waals surface area contributed by atoms with Gasteiger partial charge in [-0.2, -0.15) is 0 Å². The number of hydroxylamine groups is 1. The third kappa shape index (κ3) is 10.6. The van der Waals surface area contributed by atoms with E-state index in [2.05, 4.69) is 10.3 Å². The summed E-state index contributed by atoms with van der Waals surface area (Å²) in [6, 6.07) is 13.3. The Morgan fingerprint density at radius 2 is 1.74 bits per heavy atom. The van der Waals surface area contributed by atoms with E-state index in [9.17, 15) is 13.2 Å². The maximum Gasteiger partial charge on any atom is 0.243 e. The van der Waals surface area contributed by atoms with E-state index in [1.54, 1.807) is 32.3 Å². The van der Waals surface area contributed by atoms with Crippen molar-refractivity contribution in [1.29, 1.82) is 0 Å². The number of nitrogens with zero attached hydrogens (tertiary/aromatic N) is 2. The summed E-state index contributed by atoms with van der Waals surface area (Å²) in [6.45, 7) is 4.57. The molecule has 2 rings (SSSR count). The zero-order chi connectivity index (χ0) is 24.7. The molecule has 1 N–H and O–H groups in total. The van der Waals surface area contributed by atoms with Gasteiger partial charge in [-0.3, -0.25) is 14.6 Å². The molecule has 1 amide bonds. The highest BCUT2D eigenvalue weighted by atomic mass is 32.2. The number of unbranched alkanes of at least 4 members (excludes halogenated alkanes) is 5. The molecule has 0 atom stereocenters. The van der Waals surface area contributed by atoms with Crippen LogP contribution in [0.5, 0.6) is 0 Å². The number of aromatic nitrogens is 1. The summed E-state index contributed by atoms with van der Waals surface area (Å²) >= 11 is 0. The Labute approximate surface area is 204 Å². The average molecular weight is 488 g/mol.